The Labute approximate surface area is 206 Å². The van der Waals surface area contributed by atoms with Crippen LogP contribution in [0.3, 0.4) is 0 Å². The van der Waals surface area contributed by atoms with Crippen LogP contribution in [0.4, 0.5) is 4.39 Å². The van der Waals surface area contributed by atoms with Crippen LogP contribution in [0, 0.1) is 5.82 Å². The second-order valence-electron chi connectivity index (χ2n) is 8.29. The number of nitrogens with zero attached hydrogens (tertiary/aromatic N) is 3. The normalized spacial score (nSPS) is 10.7. The monoisotopic (exact) mass is 477 g/mol. The minimum atomic E-state index is -0.356. The van der Waals surface area contributed by atoms with Crippen molar-refractivity contribution >= 4 is 11.8 Å². The van der Waals surface area contributed by atoms with E-state index in [-0.39, 0.29) is 37.1 Å². The molecule has 0 N–H and O–H groups in total. The predicted octanol–water partition coefficient (Wildman–Crippen LogP) is 3.91. The highest BCUT2D eigenvalue weighted by Crippen LogP contribution is 2.12. The summed E-state index contributed by atoms with van der Waals surface area (Å²) in [7, 11) is 1.59. The smallest absolute Gasteiger partial charge is 0.242 e. The van der Waals surface area contributed by atoms with Crippen molar-refractivity contribution in [2.24, 2.45) is 0 Å². The summed E-state index contributed by atoms with van der Waals surface area (Å²) in [6.07, 6.45) is 3.68. The molecule has 0 fully saturated rings. The minimum absolute atomic E-state index is 0.0742. The van der Waals surface area contributed by atoms with E-state index in [1.165, 1.54) is 22.6 Å². The summed E-state index contributed by atoms with van der Waals surface area (Å²) in [6.45, 7) is 5.78. The van der Waals surface area contributed by atoms with Gasteiger partial charge in [0.1, 0.15) is 12.4 Å². The van der Waals surface area contributed by atoms with Gasteiger partial charge in [0, 0.05) is 38.6 Å². The first-order valence-corrected chi connectivity index (χ1v) is 11.6. The second-order valence-corrected chi connectivity index (χ2v) is 8.29. The van der Waals surface area contributed by atoms with Gasteiger partial charge in [0.15, 0.2) is 0 Å². The molecule has 0 atom stereocenters. The number of hydrogen-bond donors (Lipinski definition) is 0. The third kappa shape index (κ3) is 7.93. The lowest BCUT2D eigenvalue weighted by Gasteiger charge is -2.27. The number of halogens is 1. The fourth-order valence-electron chi connectivity index (χ4n) is 3.78. The molecule has 35 heavy (non-hydrogen) atoms. The highest BCUT2D eigenvalue weighted by molar-refractivity contribution is 5.86. The topological polar surface area (TPSA) is 54.8 Å². The average Bonchev–Trinajstić information content (AvgIpc) is 3.29. The summed E-state index contributed by atoms with van der Waals surface area (Å²) in [5.74, 6) is -0.752. The van der Waals surface area contributed by atoms with E-state index in [2.05, 4.69) is 23.3 Å². The van der Waals surface area contributed by atoms with Crippen molar-refractivity contribution in [3.8, 4) is 0 Å². The molecule has 0 aliphatic rings. The molecule has 1 heterocycles. The lowest BCUT2D eigenvalue weighted by molar-refractivity contribution is -0.140. The number of carbonyl (C=O) groups excluding carboxylic acids is 2. The largest absolute Gasteiger partial charge is 0.383 e. The van der Waals surface area contributed by atoms with Crippen molar-refractivity contribution in [3.05, 3.63) is 108 Å². The summed E-state index contributed by atoms with van der Waals surface area (Å²) in [5.41, 5.74) is 2.85. The van der Waals surface area contributed by atoms with Crippen molar-refractivity contribution in [2.75, 3.05) is 33.4 Å². The predicted molar refractivity (Wildman–Crippen MR) is 134 cm³/mol. The number of amides is 2. The molecule has 1 aromatic heterocycles. The summed E-state index contributed by atoms with van der Waals surface area (Å²) in [5, 5.41) is 0. The first kappa shape index (κ1) is 25.9. The van der Waals surface area contributed by atoms with E-state index in [1.807, 2.05) is 36.5 Å². The molecule has 184 valence electrons. The Morgan fingerprint density at radius 2 is 1.71 bits per heavy atom. The van der Waals surface area contributed by atoms with Crippen LogP contribution < -0.4 is 0 Å². The van der Waals surface area contributed by atoms with Crippen LogP contribution in [0.15, 0.2) is 85.6 Å². The van der Waals surface area contributed by atoms with Gasteiger partial charge in [0.2, 0.25) is 11.8 Å². The standard InChI is InChI=1S/C28H32FN3O3/c1-3-15-31(27(33)19-23-11-13-25(29)14-12-23)22-28(34)32(17-18-35-2)21-26-10-7-16-30(26)20-24-8-5-4-6-9-24/h3-14,16H,1,15,17-22H2,2H3. The van der Waals surface area contributed by atoms with Crippen molar-refractivity contribution in [1.82, 2.24) is 14.4 Å². The van der Waals surface area contributed by atoms with Crippen LogP contribution in [-0.2, 0) is 33.8 Å². The maximum atomic E-state index is 13.3. The highest BCUT2D eigenvalue weighted by Gasteiger charge is 2.22. The maximum Gasteiger partial charge on any atom is 0.242 e. The molecule has 0 unspecified atom stereocenters. The van der Waals surface area contributed by atoms with E-state index in [1.54, 1.807) is 30.2 Å². The fourth-order valence-corrected chi connectivity index (χ4v) is 3.78. The van der Waals surface area contributed by atoms with Gasteiger partial charge in [0.25, 0.3) is 0 Å². The second kappa shape index (κ2) is 13.2. The number of carbonyl (C=O) groups is 2. The summed E-state index contributed by atoms with van der Waals surface area (Å²) < 4.78 is 20.5. The highest BCUT2D eigenvalue weighted by atomic mass is 19.1. The van der Waals surface area contributed by atoms with Crippen LogP contribution in [0.1, 0.15) is 16.8 Å². The maximum absolute atomic E-state index is 13.3. The van der Waals surface area contributed by atoms with Crippen molar-refractivity contribution in [2.45, 2.75) is 19.5 Å². The molecule has 0 bridgehead atoms. The van der Waals surface area contributed by atoms with E-state index in [9.17, 15) is 14.0 Å². The summed E-state index contributed by atoms with van der Waals surface area (Å²) in [4.78, 5) is 29.4. The molecule has 7 heteroatoms. The lowest BCUT2D eigenvalue weighted by atomic mass is 10.1. The molecule has 6 nitrogen and oxygen atoms in total. The molecule has 0 aliphatic heterocycles. The van der Waals surface area contributed by atoms with E-state index in [0.29, 0.717) is 31.8 Å². The van der Waals surface area contributed by atoms with E-state index in [0.717, 1.165) is 5.69 Å². The van der Waals surface area contributed by atoms with E-state index in [4.69, 9.17) is 4.74 Å². The lowest BCUT2D eigenvalue weighted by Crippen LogP contribution is -2.44. The summed E-state index contributed by atoms with van der Waals surface area (Å²) in [6, 6.07) is 19.9. The minimum Gasteiger partial charge on any atom is -0.383 e. The van der Waals surface area contributed by atoms with Gasteiger partial charge in [-0.15, -0.1) is 6.58 Å². The number of hydrogen-bond acceptors (Lipinski definition) is 3. The third-order valence-electron chi connectivity index (χ3n) is 5.69. The van der Waals surface area contributed by atoms with E-state index < -0.39 is 0 Å². The van der Waals surface area contributed by atoms with Gasteiger partial charge < -0.3 is 19.1 Å². The SMILES string of the molecule is C=CCN(CC(=O)N(CCOC)Cc1cccn1Cc1ccccc1)C(=O)Cc1ccc(F)cc1. The summed E-state index contributed by atoms with van der Waals surface area (Å²) >= 11 is 0. The molecule has 0 saturated carbocycles. The van der Waals surface area contributed by atoms with Gasteiger partial charge >= 0.3 is 0 Å². The Bertz CT molecular complexity index is 1100. The zero-order chi connectivity index (χ0) is 25.0. The van der Waals surface area contributed by atoms with Crippen LogP contribution >= 0.6 is 0 Å². The molecule has 0 saturated heterocycles. The van der Waals surface area contributed by atoms with Gasteiger partial charge in [-0.3, -0.25) is 9.59 Å². The number of ether oxygens (including phenoxy) is 1. The number of rotatable bonds is 13. The first-order chi connectivity index (χ1) is 17.0. The Hall–Kier alpha value is -3.71. The van der Waals surface area contributed by atoms with E-state index >= 15 is 0 Å². The van der Waals surface area contributed by atoms with Crippen LogP contribution in [0.2, 0.25) is 0 Å². The van der Waals surface area contributed by atoms with Crippen LogP contribution in [0.25, 0.3) is 0 Å². The quantitative estimate of drug-likeness (QED) is 0.351. The molecule has 3 rings (SSSR count). The number of aromatic nitrogens is 1. The molecule has 0 spiro atoms. The van der Waals surface area contributed by atoms with Gasteiger partial charge in [-0.2, -0.15) is 0 Å². The van der Waals surface area contributed by atoms with Crippen molar-refractivity contribution in [3.63, 3.8) is 0 Å². The third-order valence-corrected chi connectivity index (χ3v) is 5.69. The van der Waals surface area contributed by atoms with Crippen LogP contribution in [0.5, 0.6) is 0 Å². The van der Waals surface area contributed by atoms with Gasteiger partial charge in [-0.05, 0) is 35.4 Å². The number of methoxy groups -OCH3 is 1. The van der Waals surface area contributed by atoms with Crippen molar-refractivity contribution < 1.29 is 18.7 Å². The molecule has 0 aliphatic carbocycles. The molecular weight excluding hydrogens is 445 g/mol. The molecular formula is C28H32FN3O3. The zero-order valence-corrected chi connectivity index (χ0v) is 20.1. The Morgan fingerprint density at radius 3 is 2.40 bits per heavy atom. The Morgan fingerprint density at radius 1 is 0.971 bits per heavy atom. The number of benzene rings is 2. The van der Waals surface area contributed by atoms with Crippen LogP contribution in [-0.4, -0.2) is 59.5 Å². The molecule has 0 radical (unpaired) electrons. The Balaban J connectivity index is 1.70. The average molecular weight is 478 g/mol. The molecule has 2 amide bonds. The van der Waals surface area contributed by atoms with Gasteiger partial charge in [-0.1, -0.05) is 48.5 Å². The van der Waals surface area contributed by atoms with Gasteiger partial charge in [-0.25, -0.2) is 4.39 Å². The molecule has 3 aromatic rings. The van der Waals surface area contributed by atoms with Gasteiger partial charge in [0.05, 0.1) is 19.6 Å². The first-order valence-electron chi connectivity index (χ1n) is 11.6. The Kier molecular flexibility index (Phi) is 9.80. The molecule has 2 aromatic carbocycles. The fraction of sp³-hybridized carbons (Fsp3) is 0.286. The van der Waals surface area contributed by atoms with Crippen molar-refractivity contribution in [1.29, 1.82) is 0 Å². The zero-order valence-electron chi connectivity index (χ0n) is 20.1.